The van der Waals surface area contributed by atoms with Gasteiger partial charge in [0.1, 0.15) is 12.4 Å². The molecule has 0 unspecified atom stereocenters. The van der Waals surface area contributed by atoms with Gasteiger partial charge in [-0.05, 0) is 48.9 Å². The maximum atomic E-state index is 13.0. The number of anilines is 1. The molecule has 6 nitrogen and oxygen atoms in total. The normalized spacial score (nSPS) is 21.2. The predicted octanol–water partition coefficient (Wildman–Crippen LogP) is 3.16. The Morgan fingerprint density at radius 1 is 1.10 bits per heavy atom. The average Bonchev–Trinajstić information content (AvgIpc) is 2.78. The van der Waals surface area contributed by atoms with E-state index >= 15 is 0 Å². The fourth-order valence-electron chi connectivity index (χ4n) is 4.79. The molecule has 7 heteroatoms. The third-order valence-corrected chi connectivity index (χ3v) is 6.87. The third-order valence-electron chi connectivity index (χ3n) is 6.64. The largest absolute Gasteiger partial charge is 0.491 e. The van der Waals surface area contributed by atoms with E-state index in [-0.39, 0.29) is 12.1 Å². The molecule has 0 radical (unpaired) electrons. The van der Waals surface area contributed by atoms with Crippen LogP contribution in [0.5, 0.6) is 5.75 Å². The van der Waals surface area contributed by atoms with Crippen molar-refractivity contribution in [2.24, 2.45) is 0 Å². The van der Waals surface area contributed by atoms with E-state index in [4.69, 9.17) is 16.3 Å². The van der Waals surface area contributed by atoms with E-state index in [2.05, 4.69) is 40.4 Å². The van der Waals surface area contributed by atoms with Gasteiger partial charge < -0.3 is 24.8 Å². The average molecular weight is 441 g/mol. The Morgan fingerprint density at radius 2 is 1.94 bits per heavy atom. The van der Waals surface area contributed by atoms with Gasteiger partial charge in [0, 0.05) is 62.0 Å². The smallest absolute Gasteiger partial charge is 0.318 e. The fraction of sp³-hybridized carbons (Fsp3) is 0.458. The summed E-state index contributed by atoms with van der Waals surface area (Å²) in [5, 5.41) is 3.93. The van der Waals surface area contributed by atoms with Crippen molar-refractivity contribution < 1.29 is 9.53 Å². The summed E-state index contributed by atoms with van der Waals surface area (Å²) in [5.74, 6) is 0.948. The van der Waals surface area contributed by atoms with Crippen LogP contribution in [0, 0.1) is 0 Å². The van der Waals surface area contributed by atoms with Crippen molar-refractivity contribution in [1.82, 2.24) is 15.1 Å². The summed E-state index contributed by atoms with van der Waals surface area (Å²) in [6.45, 7) is 5.96. The van der Waals surface area contributed by atoms with Gasteiger partial charge in [-0.1, -0.05) is 23.7 Å². The highest BCUT2D eigenvalue weighted by molar-refractivity contribution is 6.30. The van der Waals surface area contributed by atoms with Gasteiger partial charge in [-0.15, -0.1) is 0 Å². The molecule has 0 aromatic heterocycles. The van der Waals surface area contributed by atoms with Crippen molar-refractivity contribution in [3.05, 3.63) is 58.1 Å². The highest BCUT2D eigenvalue weighted by atomic mass is 35.5. The summed E-state index contributed by atoms with van der Waals surface area (Å²) in [6, 6.07) is 12.2. The fourth-order valence-corrected chi connectivity index (χ4v) is 4.99. The number of likely N-dealkylation sites (N-methyl/N-ethyl adjacent to an activating group) is 1. The van der Waals surface area contributed by atoms with Crippen molar-refractivity contribution in [3.8, 4) is 5.75 Å². The van der Waals surface area contributed by atoms with Gasteiger partial charge in [-0.2, -0.15) is 0 Å². The Labute approximate surface area is 188 Å². The zero-order valence-corrected chi connectivity index (χ0v) is 18.7. The Balaban J connectivity index is 1.26. The molecule has 5 rings (SSSR count). The second-order valence-corrected chi connectivity index (χ2v) is 9.23. The monoisotopic (exact) mass is 440 g/mol. The van der Waals surface area contributed by atoms with Gasteiger partial charge in [0.2, 0.25) is 0 Å². The number of carbonyl (C=O) groups excluding carboxylic acids is 1. The minimum atomic E-state index is -0.0330. The molecule has 0 spiro atoms. The van der Waals surface area contributed by atoms with Crippen molar-refractivity contribution in [2.45, 2.75) is 25.4 Å². The molecule has 3 heterocycles. The lowest BCUT2D eigenvalue weighted by Crippen LogP contribution is -2.50. The molecule has 2 amide bonds. The number of carbonyl (C=O) groups is 1. The zero-order valence-electron chi connectivity index (χ0n) is 17.9. The summed E-state index contributed by atoms with van der Waals surface area (Å²) < 4.78 is 6.06. The van der Waals surface area contributed by atoms with Crippen LogP contribution in [0.3, 0.4) is 0 Å². The molecule has 0 bridgehead atoms. The molecule has 1 saturated heterocycles. The maximum absolute atomic E-state index is 13.0. The zero-order chi connectivity index (χ0) is 21.4. The summed E-state index contributed by atoms with van der Waals surface area (Å²) in [4.78, 5) is 19.7. The van der Waals surface area contributed by atoms with E-state index in [0.29, 0.717) is 13.2 Å². The molecule has 2 aromatic carbocycles. The molecule has 0 saturated carbocycles. The first-order valence-corrected chi connectivity index (χ1v) is 11.5. The highest BCUT2D eigenvalue weighted by Crippen LogP contribution is 2.34. The number of nitrogens with one attached hydrogen (secondary N) is 1. The van der Waals surface area contributed by atoms with Gasteiger partial charge in [0.05, 0.1) is 6.04 Å². The van der Waals surface area contributed by atoms with E-state index in [1.165, 1.54) is 16.8 Å². The Bertz CT molecular complexity index is 974. The second-order valence-electron chi connectivity index (χ2n) is 8.79. The molecular weight excluding hydrogens is 412 g/mol. The molecule has 3 aliphatic heterocycles. The topological polar surface area (TPSA) is 48.0 Å². The number of nitrogens with zero attached hydrogens (tertiary/aromatic N) is 3. The number of amides is 2. The minimum Gasteiger partial charge on any atom is -0.491 e. The summed E-state index contributed by atoms with van der Waals surface area (Å²) >= 11 is 6.15. The second kappa shape index (κ2) is 8.60. The van der Waals surface area contributed by atoms with E-state index in [1.54, 1.807) is 0 Å². The number of piperazine rings is 1. The molecule has 1 atom stereocenters. The van der Waals surface area contributed by atoms with Crippen LogP contribution in [-0.4, -0.2) is 68.3 Å². The number of rotatable bonds is 2. The summed E-state index contributed by atoms with van der Waals surface area (Å²) in [5.41, 5.74) is 4.86. The lowest BCUT2D eigenvalue weighted by atomic mass is 9.99. The lowest BCUT2D eigenvalue weighted by Gasteiger charge is -2.37. The first kappa shape index (κ1) is 20.5. The van der Waals surface area contributed by atoms with Crippen LogP contribution >= 0.6 is 11.6 Å². The number of hydrogen-bond donors (Lipinski definition) is 1. The summed E-state index contributed by atoms with van der Waals surface area (Å²) in [6.07, 6.45) is 1.65. The Kier molecular flexibility index (Phi) is 5.67. The first-order valence-electron chi connectivity index (χ1n) is 11.1. The predicted molar refractivity (Wildman–Crippen MR) is 123 cm³/mol. The van der Waals surface area contributed by atoms with Crippen molar-refractivity contribution in [1.29, 1.82) is 0 Å². The molecule has 3 aliphatic rings. The number of fused-ring (bicyclic) bond motifs is 2. The molecular formula is C24H29ClN4O2. The lowest BCUT2D eigenvalue weighted by molar-refractivity contribution is 0.176. The van der Waals surface area contributed by atoms with Crippen LogP contribution in [0.1, 0.15) is 16.7 Å². The van der Waals surface area contributed by atoms with Gasteiger partial charge in [-0.3, -0.25) is 0 Å². The van der Waals surface area contributed by atoms with Crippen LogP contribution in [0.15, 0.2) is 36.4 Å². The Hall–Kier alpha value is -2.44. The molecule has 164 valence electrons. The first-order chi connectivity index (χ1) is 15.1. The van der Waals surface area contributed by atoms with Crippen LogP contribution in [-0.2, 0) is 19.4 Å². The minimum absolute atomic E-state index is 0.0280. The van der Waals surface area contributed by atoms with Crippen LogP contribution in [0.25, 0.3) is 0 Å². The van der Waals surface area contributed by atoms with E-state index in [9.17, 15) is 4.79 Å². The van der Waals surface area contributed by atoms with Crippen LogP contribution < -0.4 is 15.0 Å². The quantitative estimate of drug-likeness (QED) is 0.779. The molecule has 1 fully saturated rings. The van der Waals surface area contributed by atoms with Gasteiger partial charge >= 0.3 is 6.03 Å². The van der Waals surface area contributed by atoms with Gasteiger partial charge in [-0.25, -0.2) is 4.79 Å². The van der Waals surface area contributed by atoms with Gasteiger partial charge in [0.25, 0.3) is 0 Å². The van der Waals surface area contributed by atoms with Crippen molar-refractivity contribution >= 4 is 23.3 Å². The number of ether oxygens (including phenoxy) is 1. The molecule has 2 aromatic rings. The SMILES string of the molecule is CN1CCN(c2cccc3c2C[C@H](NC(=O)N2CCc4ccc(Cl)cc4C2)CO3)CC1. The van der Waals surface area contributed by atoms with Crippen LogP contribution in [0.4, 0.5) is 10.5 Å². The summed E-state index contributed by atoms with van der Waals surface area (Å²) in [7, 11) is 2.17. The van der Waals surface area contributed by atoms with Crippen LogP contribution in [0.2, 0.25) is 5.02 Å². The molecule has 0 aliphatic carbocycles. The van der Waals surface area contributed by atoms with Crippen molar-refractivity contribution in [3.63, 3.8) is 0 Å². The van der Waals surface area contributed by atoms with E-state index in [1.807, 2.05) is 23.1 Å². The number of benzene rings is 2. The molecule has 31 heavy (non-hydrogen) atoms. The third kappa shape index (κ3) is 4.32. The number of halogens is 1. The number of hydrogen-bond acceptors (Lipinski definition) is 4. The van der Waals surface area contributed by atoms with Crippen molar-refractivity contribution in [2.75, 3.05) is 51.3 Å². The Morgan fingerprint density at radius 3 is 2.77 bits per heavy atom. The van der Waals surface area contributed by atoms with E-state index < -0.39 is 0 Å². The van der Waals surface area contributed by atoms with Gasteiger partial charge in [0.15, 0.2) is 0 Å². The maximum Gasteiger partial charge on any atom is 0.318 e. The number of urea groups is 1. The van der Waals surface area contributed by atoms with E-state index in [0.717, 1.165) is 61.9 Å². The molecule has 1 N–H and O–H groups in total. The highest BCUT2D eigenvalue weighted by Gasteiger charge is 2.28. The standard InChI is InChI=1S/C24H29ClN4O2/c1-27-9-11-28(12-10-27)22-3-2-4-23-21(22)14-20(16-31-23)26-24(30)29-8-7-17-5-6-19(25)13-18(17)15-29/h2-6,13,20H,7-12,14-16H2,1H3,(H,26,30)/t20-/m0/s1.